The number of hydrogen-bond acceptors (Lipinski definition) is 7. The van der Waals surface area contributed by atoms with Crippen LogP contribution < -0.4 is 16.4 Å². The maximum Gasteiger partial charge on any atom is 0.251 e. The van der Waals surface area contributed by atoms with Crippen molar-refractivity contribution < 1.29 is 4.79 Å². The molecule has 1 unspecified atom stereocenters. The largest absolute Gasteiger partial charge is 0.399 e. The number of aromatic nitrogens is 3. The Hall–Kier alpha value is -3.65. The van der Waals surface area contributed by atoms with Crippen LogP contribution in [0.3, 0.4) is 0 Å². The number of nitrogens with two attached hydrogens (primary N) is 1. The Morgan fingerprint density at radius 3 is 2.49 bits per heavy atom. The summed E-state index contributed by atoms with van der Waals surface area (Å²) in [7, 11) is 0. The fourth-order valence-corrected chi connectivity index (χ4v) is 5.95. The van der Waals surface area contributed by atoms with Gasteiger partial charge >= 0.3 is 0 Å². The van der Waals surface area contributed by atoms with E-state index in [4.69, 9.17) is 10.7 Å². The lowest BCUT2D eigenvalue weighted by molar-refractivity contribution is 0.0919. The van der Waals surface area contributed by atoms with Gasteiger partial charge in [0.2, 0.25) is 0 Å². The van der Waals surface area contributed by atoms with E-state index in [0.29, 0.717) is 28.9 Å². The van der Waals surface area contributed by atoms with Gasteiger partial charge < -0.3 is 16.4 Å². The lowest BCUT2D eigenvalue weighted by Crippen LogP contribution is -2.38. The SMILES string of the molecule is CC(C)c1ccc2c(Nc3cc(C(=O)NC(C)C4CCCCC4)ccc3Sc3ccc(N)cc3)ncnc2n1. The summed E-state index contributed by atoms with van der Waals surface area (Å²) in [6.07, 6.45) is 7.67. The van der Waals surface area contributed by atoms with E-state index in [0.717, 1.165) is 32.2 Å². The van der Waals surface area contributed by atoms with Gasteiger partial charge in [-0.05, 0) is 86.2 Å². The Bertz CT molecular complexity index is 1450. The minimum atomic E-state index is -0.0593. The highest BCUT2D eigenvalue weighted by atomic mass is 32.2. The van der Waals surface area contributed by atoms with Crippen molar-refractivity contribution in [1.82, 2.24) is 20.3 Å². The van der Waals surface area contributed by atoms with Crippen molar-refractivity contribution in [1.29, 1.82) is 0 Å². The summed E-state index contributed by atoms with van der Waals surface area (Å²) in [5.41, 5.74) is 9.64. The molecule has 0 saturated heterocycles. The van der Waals surface area contributed by atoms with Gasteiger partial charge in [-0.3, -0.25) is 4.79 Å². The van der Waals surface area contributed by atoms with E-state index in [9.17, 15) is 4.79 Å². The van der Waals surface area contributed by atoms with E-state index in [1.165, 1.54) is 38.4 Å². The van der Waals surface area contributed by atoms with Crippen LogP contribution in [0.25, 0.3) is 11.0 Å². The summed E-state index contributed by atoms with van der Waals surface area (Å²) in [6.45, 7) is 6.35. The lowest BCUT2D eigenvalue weighted by atomic mass is 9.84. The number of carbonyl (C=O) groups is 1. The molecule has 39 heavy (non-hydrogen) atoms. The molecule has 7 nitrogen and oxygen atoms in total. The molecule has 0 radical (unpaired) electrons. The highest BCUT2D eigenvalue weighted by molar-refractivity contribution is 7.99. The molecule has 1 aliphatic rings. The van der Waals surface area contributed by atoms with Crippen LogP contribution in [0, 0.1) is 5.92 Å². The predicted octanol–water partition coefficient (Wildman–Crippen LogP) is 7.32. The topological polar surface area (TPSA) is 106 Å². The first-order chi connectivity index (χ1) is 18.9. The Labute approximate surface area is 234 Å². The third kappa shape index (κ3) is 6.50. The number of benzene rings is 2. The van der Waals surface area contributed by atoms with Gasteiger partial charge in [0.05, 0.1) is 11.1 Å². The molecule has 2 aromatic heterocycles. The van der Waals surface area contributed by atoms with Gasteiger partial charge in [0.25, 0.3) is 5.91 Å². The fraction of sp³-hybridized carbons (Fsp3) is 0.355. The number of amides is 1. The molecule has 1 amide bonds. The molecule has 8 heteroatoms. The quantitative estimate of drug-likeness (QED) is 0.201. The number of pyridine rings is 1. The molecule has 0 aliphatic heterocycles. The molecular weight excluding hydrogens is 504 g/mol. The van der Waals surface area contributed by atoms with E-state index in [-0.39, 0.29) is 11.9 Å². The Kier molecular flexibility index (Phi) is 8.31. The van der Waals surface area contributed by atoms with Crippen LogP contribution in [-0.2, 0) is 0 Å². The molecule has 1 saturated carbocycles. The molecule has 4 aromatic rings. The molecule has 4 N–H and O–H groups in total. The fourth-order valence-electron chi connectivity index (χ4n) is 5.07. The monoisotopic (exact) mass is 540 g/mol. The van der Waals surface area contributed by atoms with Gasteiger partial charge in [-0.25, -0.2) is 15.0 Å². The van der Waals surface area contributed by atoms with Crippen LogP contribution in [0.4, 0.5) is 17.2 Å². The number of hydrogen-bond donors (Lipinski definition) is 3. The van der Waals surface area contributed by atoms with Crippen molar-refractivity contribution >= 4 is 45.9 Å². The summed E-state index contributed by atoms with van der Waals surface area (Å²) in [4.78, 5) is 29.0. The standard InChI is InChI=1S/C31H36N6OS/c1-19(2)26-15-14-25-29(36-26)33-18-34-30(25)37-27-17-22(31(38)35-20(3)21-7-5-4-6-8-21)9-16-28(27)39-24-12-10-23(32)11-13-24/h9-21H,4-8,32H2,1-3H3,(H,35,38)(H,33,34,36,37). The van der Waals surface area contributed by atoms with Crippen LogP contribution in [0.15, 0.2) is 70.7 Å². The summed E-state index contributed by atoms with van der Waals surface area (Å²) >= 11 is 1.60. The minimum absolute atomic E-state index is 0.0593. The number of anilines is 3. The zero-order valence-corrected chi connectivity index (χ0v) is 23.6. The third-order valence-corrected chi connectivity index (χ3v) is 8.51. The first-order valence-corrected chi connectivity index (χ1v) is 14.6. The predicted molar refractivity (Wildman–Crippen MR) is 160 cm³/mol. The average molecular weight is 541 g/mol. The molecule has 0 bridgehead atoms. The molecule has 5 rings (SSSR count). The highest BCUT2D eigenvalue weighted by Crippen LogP contribution is 2.37. The number of nitrogen functional groups attached to an aromatic ring is 1. The first-order valence-electron chi connectivity index (χ1n) is 13.7. The Balaban J connectivity index is 1.46. The molecule has 1 aliphatic carbocycles. The van der Waals surface area contributed by atoms with Crippen LogP contribution in [0.1, 0.15) is 74.8 Å². The second-order valence-corrected chi connectivity index (χ2v) is 11.8. The van der Waals surface area contributed by atoms with Gasteiger partial charge in [-0.2, -0.15) is 0 Å². The van der Waals surface area contributed by atoms with Crippen LogP contribution in [-0.4, -0.2) is 26.9 Å². The molecular formula is C31H36N6OS. The van der Waals surface area contributed by atoms with Gasteiger partial charge in [0, 0.05) is 32.8 Å². The summed E-state index contributed by atoms with van der Waals surface area (Å²) < 4.78 is 0. The molecule has 2 heterocycles. The van der Waals surface area contributed by atoms with Crippen molar-refractivity contribution in [2.24, 2.45) is 5.92 Å². The molecule has 1 fully saturated rings. The van der Waals surface area contributed by atoms with E-state index in [1.54, 1.807) is 11.8 Å². The summed E-state index contributed by atoms with van der Waals surface area (Å²) in [6, 6.07) is 17.7. The number of nitrogens with one attached hydrogen (secondary N) is 2. The maximum atomic E-state index is 13.3. The zero-order chi connectivity index (χ0) is 27.4. The van der Waals surface area contributed by atoms with Crippen LogP contribution >= 0.6 is 11.8 Å². The second-order valence-electron chi connectivity index (χ2n) is 10.7. The average Bonchev–Trinajstić information content (AvgIpc) is 2.95. The van der Waals surface area contributed by atoms with Crippen molar-refractivity contribution in [3.8, 4) is 0 Å². The Morgan fingerprint density at radius 2 is 1.74 bits per heavy atom. The number of fused-ring (bicyclic) bond motifs is 1. The van der Waals surface area contributed by atoms with E-state index < -0.39 is 0 Å². The third-order valence-electron chi connectivity index (χ3n) is 7.43. The molecule has 1 atom stereocenters. The van der Waals surface area contributed by atoms with Gasteiger partial charge in [-0.15, -0.1) is 0 Å². The van der Waals surface area contributed by atoms with Crippen LogP contribution in [0.5, 0.6) is 0 Å². The van der Waals surface area contributed by atoms with Gasteiger partial charge in [-0.1, -0.05) is 44.9 Å². The highest BCUT2D eigenvalue weighted by Gasteiger charge is 2.22. The van der Waals surface area contributed by atoms with E-state index in [2.05, 4.69) is 41.4 Å². The van der Waals surface area contributed by atoms with E-state index >= 15 is 0 Å². The maximum absolute atomic E-state index is 13.3. The zero-order valence-electron chi connectivity index (χ0n) is 22.8. The lowest BCUT2D eigenvalue weighted by Gasteiger charge is -2.28. The number of carbonyl (C=O) groups excluding carboxylic acids is 1. The number of nitrogens with zero attached hydrogens (tertiary/aromatic N) is 3. The van der Waals surface area contributed by atoms with Crippen molar-refractivity contribution in [2.75, 3.05) is 11.1 Å². The van der Waals surface area contributed by atoms with Crippen molar-refractivity contribution in [3.05, 3.63) is 72.2 Å². The first kappa shape index (κ1) is 26.9. The Morgan fingerprint density at radius 1 is 0.974 bits per heavy atom. The molecule has 2 aromatic carbocycles. The number of rotatable bonds is 8. The van der Waals surface area contributed by atoms with Gasteiger partial charge in [0.15, 0.2) is 5.65 Å². The van der Waals surface area contributed by atoms with Gasteiger partial charge in [0.1, 0.15) is 12.1 Å². The van der Waals surface area contributed by atoms with E-state index in [1.807, 2.05) is 54.6 Å². The van der Waals surface area contributed by atoms with Crippen LogP contribution in [0.2, 0.25) is 0 Å². The second kappa shape index (κ2) is 12.0. The van der Waals surface area contributed by atoms with Crippen molar-refractivity contribution in [3.63, 3.8) is 0 Å². The minimum Gasteiger partial charge on any atom is -0.399 e. The molecule has 0 spiro atoms. The summed E-state index contributed by atoms with van der Waals surface area (Å²) in [5.74, 6) is 1.43. The summed E-state index contributed by atoms with van der Waals surface area (Å²) in [5, 5.41) is 7.57. The van der Waals surface area contributed by atoms with Crippen molar-refractivity contribution in [2.45, 2.75) is 74.6 Å². The normalized spacial score (nSPS) is 14.9. The molecule has 202 valence electrons. The smallest absolute Gasteiger partial charge is 0.251 e.